The first-order chi connectivity index (χ1) is 9.61. The molecule has 6 heteroatoms. The Bertz CT molecular complexity index is 605. The highest BCUT2D eigenvalue weighted by Gasteiger charge is 2.17. The average Bonchev–Trinajstić information content (AvgIpc) is 2.46. The van der Waals surface area contributed by atoms with Gasteiger partial charge in [-0.25, -0.2) is 9.78 Å². The Morgan fingerprint density at radius 3 is 2.80 bits per heavy atom. The molecule has 0 bridgehead atoms. The van der Waals surface area contributed by atoms with Crippen LogP contribution in [0.5, 0.6) is 0 Å². The number of aromatic nitrogens is 2. The lowest BCUT2D eigenvalue weighted by atomic mass is 10.2. The van der Waals surface area contributed by atoms with E-state index in [1.165, 1.54) is 0 Å². The summed E-state index contributed by atoms with van der Waals surface area (Å²) < 4.78 is 0.646. The molecule has 5 nitrogen and oxygen atoms in total. The normalized spacial score (nSPS) is 10.3. The number of halogens is 1. The van der Waals surface area contributed by atoms with Gasteiger partial charge in [-0.1, -0.05) is 6.07 Å². The number of carboxylic acids is 1. The lowest BCUT2D eigenvalue weighted by Crippen LogP contribution is -2.25. The zero-order valence-corrected chi connectivity index (χ0v) is 12.5. The van der Waals surface area contributed by atoms with Crippen molar-refractivity contribution in [2.75, 3.05) is 11.4 Å². The summed E-state index contributed by atoms with van der Waals surface area (Å²) in [5, 5.41) is 9.30. The van der Waals surface area contributed by atoms with E-state index in [1.807, 2.05) is 30.0 Å². The highest BCUT2D eigenvalue weighted by Crippen LogP contribution is 2.22. The molecule has 0 aromatic carbocycles. The third-order valence-electron chi connectivity index (χ3n) is 2.82. The molecule has 0 aliphatic rings. The van der Waals surface area contributed by atoms with E-state index in [9.17, 15) is 9.90 Å². The van der Waals surface area contributed by atoms with Crippen molar-refractivity contribution in [1.29, 1.82) is 0 Å². The van der Waals surface area contributed by atoms with Gasteiger partial charge in [-0.2, -0.15) is 0 Å². The van der Waals surface area contributed by atoms with Gasteiger partial charge >= 0.3 is 5.97 Å². The zero-order chi connectivity index (χ0) is 14.5. The van der Waals surface area contributed by atoms with Crippen LogP contribution < -0.4 is 4.90 Å². The lowest BCUT2D eigenvalue weighted by Gasteiger charge is -2.23. The van der Waals surface area contributed by atoms with Crippen molar-refractivity contribution in [3.8, 4) is 0 Å². The van der Waals surface area contributed by atoms with Gasteiger partial charge in [0.2, 0.25) is 0 Å². The Labute approximate surface area is 125 Å². The molecule has 0 aliphatic carbocycles. The van der Waals surface area contributed by atoms with Gasteiger partial charge in [0.25, 0.3) is 0 Å². The Balaban J connectivity index is 2.34. The van der Waals surface area contributed by atoms with E-state index < -0.39 is 5.97 Å². The van der Waals surface area contributed by atoms with Crippen LogP contribution in [0.3, 0.4) is 0 Å². The fraction of sp³-hybridized carbons (Fsp3) is 0.214. The molecule has 2 heterocycles. The fourth-order valence-corrected chi connectivity index (χ4v) is 2.20. The van der Waals surface area contributed by atoms with Crippen LogP contribution in [0.2, 0.25) is 0 Å². The van der Waals surface area contributed by atoms with E-state index in [1.54, 1.807) is 18.5 Å². The van der Waals surface area contributed by atoms with Crippen LogP contribution in [0.1, 0.15) is 23.0 Å². The summed E-state index contributed by atoms with van der Waals surface area (Å²) in [6.45, 7) is 3.12. The predicted octanol–water partition coefficient (Wildman–Crippen LogP) is 2.96. The monoisotopic (exact) mass is 335 g/mol. The van der Waals surface area contributed by atoms with Gasteiger partial charge in [-0.15, -0.1) is 0 Å². The van der Waals surface area contributed by atoms with Crippen molar-refractivity contribution < 1.29 is 9.90 Å². The minimum atomic E-state index is -0.992. The second kappa shape index (κ2) is 6.47. The summed E-state index contributed by atoms with van der Waals surface area (Å²) in [5.41, 5.74) is 1.05. The summed E-state index contributed by atoms with van der Waals surface area (Å²) in [4.78, 5) is 21.7. The first-order valence-corrected chi connectivity index (χ1v) is 6.94. The third-order valence-corrected chi connectivity index (χ3v) is 3.26. The largest absolute Gasteiger partial charge is 0.478 e. The molecule has 0 saturated carbocycles. The smallest absolute Gasteiger partial charge is 0.339 e. The minimum Gasteiger partial charge on any atom is -0.478 e. The van der Waals surface area contributed by atoms with E-state index in [-0.39, 0.29) is 5.56 Å². The zero-order valence-electron chi connectivity index (χ0n) is 11.0. The summed E-state index contributed by atoms with van der Waals surface area (Å²) in [5.74, 6) is -0.540. The highest BCUT2D eigenvalue weighted by atomic mass is 79.9. The summed E-state index contributed by atoms with van der Waals surface area (Å²) in [6, 6.07) is 7.22. The van der Waals surface area contributed by atoms with Crippen LogP contribution in [0.25, 0.3) is 0 Å². The molecular weight excluding hydrogens is 322 g/mol. The molecular formula is C14H14BrN3O2. The number of hydrogen-bond donors (Lipinski definition) is 1. The number of carbonyl (C=O) groups is 1. The quantitative estimate of drug-likeness (QED) is 0.909. The van der Waals surface area contributed by atoms with Gasteiger partial charge in [-0.3, -0.25) is 4.98 Å². The summed E-state index contributed by atoms with van der Waals surface area (Å²) >= 11 is 3.25. The molecule has 0 radical (unpaired) electrons. The van der Waals surface area contributed by atoms with Gasteiger partial charge in [0.05, 0.1) is 12.2 Å². The van der Waals surface area contributed by atoms with Crippen LogP contribution in [0.15, 0.2) is 41.1 Å². The van der Waals surface area contributed by atoms with E-state index in [0.717, 1.165) is 5.69 Å². The molecule has 1 N–H and O–H groups in total. The lowest BCUT2D eigenvalue weighted by molar-refractivity contribution is 0.0697. The number of anilines is 1. The molecule has 0 atom stereocenters. The van der Waals surface area contributed by atoms with Crippen LogP contribution in [-0.4, -0.2) is 27.6 Å². The Hall–Kier alpha value is -1.95. The number of pyridine rings is 2. The number of hydrogen-bond acceptors (Lipinski definition) is 4. The molecule has 0 saturated heterocycles. The second-order valence-corrected chi connectivity index (χ2v) is 5.08. The van der Waals surface area contributed by atoms with Crippen molar-refractivity contribution in [1.82, 2.24) is 9.97 Å². The SMILES string of the molecule is CCN(Cc1ccccn1)c1ncc(Br)cc1C(=O)O. The van der Waals surface area contributed by atoms with Gasteiger partial charge in [0.1, 0.15) is 11.4 Å². The third kappa shape index (κ3) is 3.33. The molecule has 2 aromatic rings. The standard InChI is InChI=1S/C14H14BrN3O2/c1-2-18(9-11-5-3-4-6-16-11)13-12(14(19)20)7-10(15)8-17-13/h3-8H,2,9H2,1H3,(H,19,20). The number of carboxylic acid groups (broad SMARTS) is 1. The average molecular weight is 336 g/mol. The Morgan fingerprint density at radius 2 is 2.20 bits per heavy atom. The maximum atomic E-state index is 11.3. The first-order valence-electron chi connectivity index (χ1n) is 6.15. The van der Waals surface area contributed by atoms with E-state index in [0.29, 0.717) is 23.4 Å². The first kappa shape index (κ1) is 14.5. The van der Waals surface area contributed by atoms with Crippen molar-refractivity contribution in [2.45, 2.75) is 13.5 Å². The van der Waals surface area contributed by atoms with Crippen molar-refractivity contribution >= 4 is 27.7 Å². The van der Waals surface area contributed by atoms with Gasteiger partial charge in [0, 0.05) is 23.4 Å². The number of rotatable bonds is 5. The number of aromatic carboxylic acids is 1. The van der Waals surface area contributed by atoms with Crippen LogP contribution in [0.4, 0.5) is 5.82 Å². The molecule has 2 aromatic heterocycles. The highest BCUT2D eigenvalue weighted by molar-refractivity contribution is 9.10. The topological polar surface area (TPSA) is 66.3 Å². The van der Waals surface area contributed by atoms with Crippen molar-refractivity contribution in [3.63, 3.8) is 0 Å². The molecule has 0 spiro atoms. The summed E-state index contributed by atoms with van der Waals surface area (Å²) in [7, 11) is 0. The van der Waals surface area contributed by atoms with E-state index >= 15 is 0 Å². The van der Waals surface area contributed by atoms with Crippen molar-refractivity contribution in [2.24, 2.45) is 0 Å². The molecule has 0 aliphatic heterocycles. The second-order valence-electron chi connectivity index (χ2n) is 4.17. The number of nitrogens with zero attached hydrogens (tertiary/aromatic N) is 3. The van der Waals surface area contributed by atoms with Gasteiger partial charge < -0.3 is 10.0 Å². The molecule has 2 rings (SSSR count). The molecule has 0 amide bonds. The predicted molar refractivity (Wildman–Crippen MR) is 79.9 cm³/mol. The van der Waals surface area contributed by atoms with Crippen molar-refractivity contribution in [3.05, 3.63) is 52.4 Å². The van der Waals surface area contributed by atoms with Crippen LogP contribution in [0, 0.1) is 0 Å². The van der Waals surface area contributed by atoms with E-state index in [2.05, 4.69) is 25.9 Å². The summed E-state index contributed by atoms with van der Waals surface area (Å²) in [6.07, 6.45) is 3.32. The Morgan fingerprint density at radius 1 is 1.40 bits per heavy atom. The molecule has 0 fully saturated rings. The van der Waals surface area contributed by atoms with E-state index in [4.69, 9.17) is 0 Å². The van der Waals surface area contributed by atoms with Gasteiger partial charge in [0.15, 0.2) is 0 Å². The Kier molecular flexibility index (Phi) is 4.68. The maximum absolute atomic E-state index is 11.3. The van der Waals surface area contributed by atoms with Crippen LogP contribution in [-0.2, 0) is 6.54 Å². The van der Waals surface area contributed by atoms with Gasteiger partial charge in [-0.05, 0) is 41.1 Å². The maximum Gasteiger partial charge on any atom is 0.339 e. The van der Waals surface area contributed by atoms with Crippen LogP contribution >= 0.6 is 15.9 Å². The minimum absolute atomic E-state index is 0.178. The molecule has 104 valence electrons. The molecule has 0 unspecified atom stereocenters. The molecule has 20 heavy (non-hydrogen) atoms. The fourth-order valence-electron chi connectivity index (χ4n) is 1.87.